The SMILES string of the molecule is C=C1C(=O)C(N)=C1NCc1cc(CNC(=O)C2NC(=O)c3c(C)cccc3N2)ccc1F. The molecular weight excluding hydrogens is 413 g/mol. The standard InChI is InChI=1S/C23H22FN5O3/c1-11-4-3-5-16-17(11)22(31)29-21(28-16)23(32)27-9-13-6-7-15(24)14(8-13)10-26-19-12(2)20(30)18(19)25/h3-8,21,26,28H,2,9-10,25H2,1H3,(H,27,32)(H,29,31). The van der Waals surface area contributed by atoms with Crippen LogP contribution in [0.15, 0.2) is 59.9 Å². The van der Waals surface area contributed by atoms with Crippen molar-refractivity contribution in [2.75, 3.05) is 5.32 Å². The highest BCUT2D eigenvalue weighted by Gasteiger charge is 2.30. The first-order valence-corrected chi connectivity index (χ1v) is 9.96. The maximum atomic E-state index is 14.2. The molecule has 2 aromatic carbocycles. The average molecular weight is 435 g/mol. The lowest BCUT2D eigenvalue weighted by Gasteiger charge is -2.27. The number of aryl methyl sites for hydroxylation is 1. The minimum atomic E-state index is -0.921. The van der Waals surface area contributed by atoms with Gasteiger partial charge in [-0.3, -0.25) is 14.4 Å². The zero-order valence-corrected chi connectivity index (χ0v) is 17.3. The summed E-state index contributed by atoms with van der Waals surface area (Å²) in [5, 5.41) is 11.3. The zero-order valence-electron chi connectivity index (χ0n) is 17.3. The predicted octanol–water partition coefficient (Wildman–Crippen LogP) is 1.33. The molecule has 32 heavy (non-hydrogen) atoms. The van der Waals surface area contributed by atoms with E-state index in [0.29, 0.717) is 28.1 Å². The van der Waals surface area contributed by atoms with Crippen molar-refractivity contribution >= 4 is 23.3 Å². The number of hydrogen-bond acceptors (Lipinski definition) is 6. The first kappa shape index (κ1) is 21.1. The van der Waals surface area contributed by atoms with Crippen molar-refractivity contribution in [3.63, 3.8) is 0 Å². The zero-order chi connectivity index (χ0) is 23.0. The van der Waals surface area contributed by atoms with E-state index in [1.54, 1.807) is 24.3 Å². The fourth-order valence-corrected chi connectivity index (χ4v) is 3.66. The Kier molecular flexibility index (Phi) is 5.40. The van der Waals surface area contributed by atoms with Gasteiger partial charge in [-0.05, 0) is 36.2 Å². The molecule has 2 aromatic rings. The van der Waals surface area contributed by atoms with Crippen molar-refractivity contribution in [3.8, 4) is 0 Å². The molecule has 164 valence electrons. The van der Waals surface area contributed by atoms with E-state index in [1.165, 1.54) is 6.07 Å². The minimum Gasteiger partial charge on any atom is -0.394 e. The molecule has 8 nitrogen and oxygen atoms in total. The van der Waals surface area contributed by atoms with E-state index < -0.39 is 17.9 Å². The van der Waals surface area contributed by atoms with Crippen LogP contribution in [0, 0.1) is 12.7 Å². The highest BCUT2D eigenvalue weighted by molar-refractivity contribution is 6.18. The van der Waals surface area contributed by atoms with Crippen molar-refractivity contribution in [2.24, 2.45) is 5.73 Å². The number of hydrogen-bond donors (Lipinski definition) is 5. The molecule has 0 aromatic heterocycles. The predicted molar refractivity (Wildman–Crippen MR) is 117 cm³/mol. The summed E-state index contributed by atoms with van der Waals surface area (Å²) in [6.45, 7) is 5.68. The second-order valence-electron chi connectivity index (χ2n) is 7.64. The molecule has 1 atom stereocenters. The average Bonchev–Trinajstić information content (AvgIpc) is 2.78. The van der Waals surface area contributed by atoms with Gasteiger partial charge in [0.25, 0.3) is 11.8 Å². The van der Waals surface area contributed by atoms with Gasteiger partial charge in [-0.2, -0.15) is 0 Å². The molecule has 0 spiro atoms. The molecule has 0 fully saturated rings. The Morgan fingerprint density at radius 1 is 1.19 bits per heavy atom. The van der Waals surface area contributed by atoms with Crippen molar-refractivity contribution in [2.45, 2.75) is 26.2 Å². The topological polar surface area (TPSA) is 125 Å². The molecule has 2 aliphatic rings. The lowest BCUT2D eigenvalue weighted by atomic mass is 9.93. The van der Waals surface area contributed by atoms with Crippen molar-refractivity contribution in [1.29, 1.82) is 0 Å². The fourth-order valence-electron chi connectivity index (χ4n) is 3.66. The Morgan fingerprint density at radius 3 is 2.72 bits per heavy atom. The molecule has 2 amide bonds. The Hall–Kier alpha value is -4.14. The summed E-state index contributed by atoms with van der Waals surface area (Å²) in [6, 6.07) is 9.84. The third kappa shape index (κ3) is 3.80. The van der Waals surface area contributed by atoms with Crippen LogP contribution in [0.25, 0.3) is 0 Å². The van der Waals surface area contributed by atoms with E-state index in [9.17, 15) is 18.8 Å². The van der Waals surface area contributed by atoms with Gasteiger partial charge < -0.3 is 27.0 Å². The van der Waals surface area contributed by atoms with E-state index in [-0.39, 0.29) is 36.1 Å². The van der Waals surface area contributed by atoms with Crippen LogP contribution in [0.1, 0.15) is 27.0 Å². The first-order valence-electron chi connectivity index (χ1n) is 9.96. The Labute approximate surface area is 183 Å². The van der Waals surface area contributed by atoms with Crippen LogP contribution in [-0.2, 0) is 22.7 Å². The molecule has 0 radical (unpaired) electrons. The summed E-state index contributed by atoms with van der Waals surface area (Å²) in [7, 11) is 0. The summed E-state index contributed by atoms with van der Waals surface area (Å²) in [5.74, 6) is -1.49. The van der Waals surface area contributed by atoms with Crippen LogP contribution < -0.4 is 27.0 Å². The lowest BCUT2D eigenvalue weighted by Crippen LogP contribution is -2.54. The highest BCUT2D eigenvalue weighted by atomic mass is 19.1. The van der Waals surface area contributed by atoms with Gasteiger partial charge in [-0.25, -0.2) is 4.39 Å². The van der Waals surface area contributed by atoms with E-state index >= 15 is 0 Å². The number of carbonyl (C=O) groups excluding carboxylic acids is 3. The number of Topliss-reactive ketones (excluding diaryl/α,β-unsaturated/α-hetero) is 1. The Bertz CT molecular complexity index is 1200. The first-order chi connectivity index (χ1) is 15.3. The van der Waals surface area contributed by atoms with E-state index in [2.05, 4.69) is 27.8 Å². The van der Waals surface area contributed by atoms with E-state index in [1.807, 2.05) is 13.0 Å². The summed E-state index contributed by atoms with van der Waals surface area (Å²) >= 11 is 0. The summed E-state index contributed by atoms with van der Waals surface area (Å²) < 4.78 is 14.2. The molecule has 1 heterocycles. The number of nitrogens with two attached hydrogens (primary N) is 1. The maximum absolute atomic E-state index is 14.2. The summed E-state index contributed by atoms with van der Waals surface area (Å²) in [4.78, 5) is 36.4. The molecule has 6 N–H and O–H groups in total. The van der Waals surface area contributed by atoms with Gasteiger partial charge in [-0.1, -0.05) is 24.8 Å². The van der Waals surface area contributed by atoms with Gasteiger partial charge in [-0.15, -0.1) is 0 Å². The molecular formula is C23H22FN5O3. The van der Waals surface area contributed by atoms with E-state index in [0.717, 1.165) is 5.56 Å². The van der Waals surface area contributed by atoms with Gasteiger partial charge in [0.1, 0.15) is 11.5 Å². The van der Waals surface area contributed by atoms with Crippen LogP contribution in [0.5, 0.6) is 0 Å². The molecule has 0 saturated carbocycles. The lowest BCUT2D eigenvalue weighted by molar-refractivity contribution is -0.122. The number of nitrogens with one attached hydrogen (secondary N) is 4. The van der Waals surface area contributed by atoms with Crippen molar-refractivity contribution < 1.29 is 18.8 Å². The molecule has 1 unspecified atom stereocenters. The summed E-state index contributed by atoms with van der Waals surface area (Å²) in [5.41, 5.74) is 9.31. The Morgan fingerprint density at radius 2 is 1.97 bits per heavy atom. The molecule has 0 bridgehead atoms. The largest absolute Gasteiger partial charge is 0.394 e. The smallest absolute Gasteiger partial charge is 0.263 e. The molecule has 1 aliphatic carbocycles. The number of benzene rings is 2. The minimum absolute atomic E-state index is 0.0811. The number of fused-ring (bicyclic) bond motifs is 1. The van der Waals surface area contributed by atoms with Crippen LogP contribution >= 0.6 is 0 Å². The van der Waals surface area contributed by atoms with Gasteiger partial charge >= 0.3 is 0 Å². The fraction of sp³-hybridized carbons (Fsp3) is 0.174. The molecule has 0 saturated heterocycles. The maximum Gasteiger partial charge on any atom is 0.263 e. The van der Waals surface area contributed by atoms with Gasteiger partial charge in [0.15, 0.2) is 6.17 Å². The van der Waals surface area contributed by atoms with Gasteiger partial charge in [0.2, 0.25) is 5.78 Å². The van der Waals surface area contributed by atoms with Crippen LogP contribution in [0.4, 0.5) is 10.1 Å². The number of rotatable bonds is 6. The number of anilines is 1. The number of allylic oxidation sites excluding steroid dienone is 2. The van der Waals surface area contributed by atoms with Crippen molar-refractivity contribution in [1.82, 2.24) is 16.0 Å². The number of carbonyl (C=O) groups is 3. The highest BCUT2D eigenvalue weighted by Crippen LogP contribution is 2.24. The Balaban J connectivity index is 1.38. The second kappa shape index (κ2) is 8.18. The second-order valence-corrected chi connectivity index (χ2v) is 7.64. The van der Waals surface area contributed by atoms with E-state index in [4.69, 9.17) is 5.73 Å². The third-order valence-corrected chi connectivity index (χ3v) is 5.46. The monoisotopic (exact) mass is 435 g/mol. The van der Waals surface area contributed by atoms with Gasteiger partial charge in [0, 0.05) is 29.9 Å². The third-order valence-electron chi connectivity index (χ3n) is 5.46. The number of amides is 2. The normalized spacial score (nSPS) is 17.2. The number of ketones is 1. The van der Waals surface area contributed by atoms with Crippen LogP contribution in [-0.4, -0.2) is 23.8 Å². The van der Waals surface area contributed by atoms with Crippen LogP contribution in [0.3, 0.4) is 0 Å². The van der Waals surface area contributed by atoms with Crippen LogP contribution in [0.2, 0.25) is 0 Å². The molecule has 9 heteroatoms. The molecule has 1 aliphatic heterocycles. The quantitative estimate of drug-likeness (QED) is 0.436. The van der Waals surface area contributed by atoms with Gasteiger partial charge in [0.05, 0.1) is 11.3 Å². The molecule has 4 rings (SSSR count). The van der Waals surface area contributed by atoms with Crippen molar-refractivity contribution in [3.05, 3.63) is 88.0 Å². The summed E-state index contributed by atoms with van der Waals surface area (Å²) in [6.07, 6.45) is -0.921. The number of halogens is 1.